The molecular formula is C16H18BrN3O. The summed E-state index contributed by atoms with van der Waals surface area (Å²) >= 11 is 3.48. The lowest BCUT2D eigenvalue weighted by Gasteiger charge is -2.46. The first-order chi connectivity index (χ1) is 10.1. The molecule has 2 atom stereocenters. The summed E-state index contributed by atoms with van der Waals surface area (Å²) in [5.74, 6) is 0.604. The first-order valence-corrected chi connectivity index (χ1v) is 8.32. The SMILES string of the molecule is CC(=O)N1N=C2C3CCN(CC3)[C@H]2[C@@H]1c1ccc(Br)cc1. The molecule has 21 heavy (non-hydrogen) atoms. The minimum absolute atomic E-state index is 0.0328. The van der Waals surface area contributed by atoms with Gasteiger partial charge in [0.15, 0.2) is 0 Å². The maximum atomic E-state index is 12.1. The number of hydrazone groups is 1. The van der Waals surface area contributed by atoms with Gasteiger partial charge in [-0.05, 0) is 43.6 Å². The van der Waals surface area contributed by atoms with Gasteiger partial charge in [-0.3, -0.25) is 9.69 Å². The van der Waals surface area contributed by atoms with E-state index in [0.29, 0.717) is 5.92 Å². The molecule has 1 aromatic rings. The molecule has 0 unspecified atom stereocenters. The topological polar surface area (TPSA) is 35.9 Å². The molecule has 0 spiro atoms. The second-order valence-electron chi connectivity index (χ2n) is 6.14. The summed E-state index contributed by atoms with van der Waals surface area (Å²) in [6, 6.07) is 8.61. The fourth-order valence-electron chi connectivity index (χ4n) is 3.97. The van der Waals surface area contributed by atoms with Crippen LogP contribution in [0.15, 0.2) is 33.8 Å². The Morgan fingerprint density at radius 1 is 1.19 bits per heavy atom. The number of rotatable bonds is 1. The third kappa shape index (κ3) is 2.06. The second kappa shape index (κ2) is 4.92. The molecule has 0 radical (unpaired) electrons. The minimum Gasteiger partial charge on any atom is -0.293 e. The van der Waals surface area contributed by atoms with Gasteiger partial charge in [0.1, 0.15) is 6.04 Å². The molecule has 0 saturated carbocycles. The number of nitrogens with zero attached hydrogens (tertiary/aromatic N) is 3. The van der Waals surface area contributed by atoms with Gasteiger partial charge in [-0.2, -0.15) is 5.10 Å². The molecule has 2 bridgehead atoms. The van der Waals surface area contributed by atoms with Gasteiger partial charge in [0.25, 0.3) is 0 Å². The van der Waals surface area contributed by atoms with Crippen LogP contribution in [0, 0.1) is 5.92 Å². The Bertz CT molecular complexity index is 604. The zero-order valence-electron chi connectivity index (χ0n) is 12.0. The Labute approximate surface area is 132 Å². The lowest BCUT2D eigenvalue weighted by molar-refractivity contribution is -0.131. The molecule has 0 aliphatic carbocycles. The highest BCUT2D eigenvalue weighted by Gasteiger charge is 2.50. The van der Waals surface area contributed by atoms with Crippen molar-refractivity contribution in [3.63, 3.8) is 0 Å². The van der Waals surface area contributed by atoms with E-state index in [0.717, 1.165) is 17.6 Å². The molecule has 4 aliphatic rings. The number of hydrogen-bond acceptors (Lipinski definition) is 3. The highest BCUT2D eigenvalue weighted by atomic mass is 79.9. The smallest absolute Gasteiger partial charge is 0.240 e. The van der Waals surface area contributed by atoms with Gasteiger partial charge in [0.2, 0.25) is 5.91 Å². The van der Waals surface area contributed by atoms with E-state index >= 15 is 0 Å². The van der Waals surface area contributed by atoms with Gasteiger partial charge in [0.05, 0.1) is 11.8 Å². The monoisotopic (exact) mass is 347 g/mol. The summed E-state index contributed by atoms with van der Waals surface area (Å²) in [5, 5.41) is 6.43. The number of piperidine rings is 3. The molecule has 3 fully saturated rings. The van der Waals surface area contributed by atoms with Crippen LogP contribution in [0.5, 0.6) is 0 Å². The van der Waals surface area contributed by atoms with Crippen LogP contribution in [-0.4, -0.2) is 40.7 Å². The van der Waals surface area contributed by atoms with Crippen molar-refractivity contribution in [1.29, 1.82) is 0 Å². The highest BCUT2D eigenvalue weighted by Crippen LogP contribution is 2.43. The van der Waals surface area contributed by atoms with Gasteiger partial charge >= 0.3 is 0 Å². The fraction of sp³-hybridized carbons (Fsp3) is 0.500. The van der Waals surface area contributed by atoms with Crippen LogP contribution in [0.2, 0.25) is 0 Å². The Kier molecular flexibility index (Phi) is 3.15. The number of fused-ring (bicyclic) bond motifs is 2. The van der Waals surface area contributed by atoms with Crippen molar-refractivity contribution in [3.05, 3.63) is 34.3 Å². The molecule has 4 nitrogen and oxygen atoms in total. The molecular weight excluding hydrogens is 330 g/mol. The molecule has 110 valence electrons. The Morgan fingerprint density at radius 3 is 2.48 bits per heavy atom. The number of amides is 1. The molecule has 4 aliphatic heterocycles. The van der Waals surface area contributed by atoms with Crippen molar-refractivity contribution in [2.75, 3.05) is 13.1 Å². The summed E-state index contributed by atoms with van der Waals surface area (Å²) in [6.45, 7) is 3.88. The van der Waals surface area contributed by atoms with E-state index in [9.17, 15) is 4.79 Å². The van der Waals surface area contributed by atoms with Crippen molar-refractivity contribution in [3.8, 4) is 0 Å². The van der Waals surface area contributed by atoms with Gasteiger partial charge in [-0.15, -0.1) is 0 Å². The van der Waals surface area contributed by atoms with Crippen molar-refractivity contribution >= 4 is 27.5 Å². The number of halogens is 1. The van der Waals surface area contributed by atoms with Crippen molar-refractivity contribution in [2.45, 2.75) is 31.8 Å². The van der Waals surface area contributed by atoms with Gasteiger partial charge in [0, 0.05) is 17.3 Å². The van der Waals surface area contributed by atoms with Crippen LogP contribution in [0.3, 0.4) is 0 Å². The van der Waals surface area contributed by atoms with Gasteiger partial charge in [-0.25, -0.2) is 5.01 Å². The normalized spacial score (nSPS) is 33.8. The Hall–Kier alpha value is -1.20. The van der Waals surface area contributed by atoms with E-state index < -0.39 is 0 Å². The number of carbonyl (C=O) groups excluding carboxylic acids is 1. The number of hydrogen-bond donors (Lipinski definition) is 0. The Morgan fingerprint density at radius 2 is 1.86 bits per heavy atom. The zero-order valence-corrected chi connectivity index (χ0v) is 13.6. The highest BCUT2D eigenvalue weighted by molar-refractivity contribution is 9.10. The van der Waals surface area contributed by atoms with Crippen LogP contribution >= 0.6 is 15.9 Å². The molecule has 5 rings (SSSR count). The van der Waals surface area contributed by atoms with Crippen LogP contribution < -0.4 is 0 Å². The van der Waals surface area contributed by atoms with Crippen LogP contribution in [0.1, 0.15) is 31.4 Å². The lowest BCUT2D eigenvalue weighted by atomic mass is 9.78. The van der Waals surface area contributed by atoms with E-state index in [1.807, 2.05) is 12.1 Å². The zero-order chi connectivity index (χ0) is 14.6. The van der Waals surface area contributed by atoms with Crippen LogP contribution in [0.4, 0.5) is 0 Å². The van der Waals surface area contributed by atoms with Crippen molar-refractivity contribution in [2.24, 2.45) is 11.0 Å². The lowest BCUT2D eigenvalue weighted by Crippen LogP contribution is -2.56. The largest absolute Gasteiger partial charge is 0.293 e. The summed E-state index contributed by atoms with van der Waals surface area (Å²) in [6.07, 6.45) is 2.38. The molecule has 5 heteroatoms. The molecule has 1 amide bonds. The predicted octanol–water partition coefficient (Wildman–Crippen LogP) is 2.80. The molecule has 0 aromatic heterocycles. The van der Waals surface area contributed by atoms with Crippen LogP contribution in [-0.2, 0) is 4.79 Å². The molecule has 0 N–H and O–H groups in total. The number of carbonyl (C=O) groups is 1. The number of benzene rings is 1. The second-order valence-corrected chi connectivity index (χ2v) is 7.06. The Balaban J connectivity index is 1.77. The third-order valence-corrected chi connectivity index (χ3v) is 5.49. The first-order valence-electron chi connectivity index (χ1n) is 7.53. The average molecular weight is 348 g/mol. The molecule has 4 heterocycles. The van der Waals surface area contributed by atoms with Gasteiger partial charge < -0.3 is 0 Å². The standard InChI is InChI=1S/C16H18BrN3O/c1-10(21)20-15(12-2-4-13(17)5-3-12)16-14(18-20)11-6-8-19(16)9-7-11/h2-5,11,15-16H,6-9H2,1H3/t15-,16+/m0/s1. The van der Waals surface area contributed by atoms with E-state index in [1.54, 1.807) is 11.9 Å². The minimum atomic E-state index is 0.0328. The summed E-state index contributed by atoms with van der Waals surface area (Å²) < 4.78 is 1.06. The van der Waals surface area contributed by atoms with E-state index in [-0.39, 0.29) is 18.0 Å². The van der Waals surface area contributed by atoms with E-state index in [1.165, 1.54) is 24.1 Å². The quantitative estimate of drug-likeness (QED) is 0.783. The van der Waals surface area contributed by atoms with E-state index in [4.69, 9.17) is 5.10 Å². The molecule has 1 aromatic carbocycles. The molecule has 3 saturated heterocycles. The average Bonchev–Trinajstić information content (AvgIpc) is 2.92. The van der Waals surface area contributed by atoms with E-state index in [2.05, 4.69) is 33.0 Å². The third-order valence-electron chi connectivity index (χ3n) is 4.96. The first kappa shape index (κ1) is 13.5. The van der Waals surface area contributed by atoms with Crippen LogP contribution in [0.25, 0.3) is 0 Å². The summed E-state index contributed by atoms with van der Waals surface area (Å²) in [7, 11) is 0. The predicted molar refractivity (Wildman–Crippen MR) is 84.9 cm³/mol. The fourth-order valence-corrected chi connectivity index (χ4v) is 4.24. The van der Waals surface area contributed by atoms with Gasteiger partial charge in [-0.1, -0.05) is 28.1 Å². The summed E-state index contributed by atoms with van der Waals surface area (Å²) in [5.41, 5.74) is 2.40. The summed E-state index contributed by atoms with van der Waals surface area (Å²) in [4.78, 5) is 14.6. The maximum Gasteiger partial charge on any atom is 0.240 e. The van der Waals surface area contributed by atoms with Crippen molar-refractivity contribution < 1.29 is 4.79 Å². The van der Waals surface area contributed by atoms with Crippen molar-refractivity contribution in [1.82, 2.24) is 9.91 Å². The maximum absolute atomic E-state index is 12.1.